The summed E-state index contributed by atoms with van der Waals surface area (Å²) in [5.41, 5.74) is 0. The summed E-state index contributed by atoms with van der Waals surface area (Å²) in [6.07, 6.45) is 0. The maximum Gasteiger partial charge on any atom is 0.143 e. The molecule has 34 valence electrons. The van der Waals surface area contributed by atoms with E-state index in [4.69, 9.17) is 22.0 Å². The SMILES string of the molecule is N#C[C@@H](Cl)CO. The molecule has 0 aromatic carbocycles. The van der Waals surface area contributed by atoms with Crippen molar-refractivity contribution in [1.29, 1.82) is 5.26 Å². The molecule has 0 rings (SSSR count). The molecule has 0 aliphatic rings. The number of aliphatic hydroxyl groups excluding tert-OH is 1. The summed E-state index contributed by atoms with van der Waals surface area (Å²) in [5.74, 6) is 0. The molecule has 2 nitrogen and oxygen atoms in total. The summed E-state index contributed by atoms with van der Waals surface area (Å²) in [6.45, 7) is -0.266. The molecule has 0 aromatic rings. The molecule has 0 saturated carbocycles. The number of halogens is 1. The van der Waals surface area contributed by atoms with Crippen LogP contribution in [0.5, 0.6) is 0 Å². The second-order valence-electron chi connectivity index (χ2n) is 0.779. The monoisotopic (exact) mass is 105 g/mol. The average molecular weight is 106 g/mol. The highest BCUT2D eigenvalue weighted by Crippen LogP contribution is 1.87. The lowest BCUT2D eigenvalue weighted by Gasteiger charge is -1.84. The van der Waals surface area contributed by atoms with E-state index in [0.717, 1.165) is 0 Å². The van der Waals surface area contributed by atoms with E-state index in [2.05, 4.69) is 0 Å². The van der Waals surface area contributed by atoms with E-state index in [1.54, 1.807) is 6.07 Å². The van der Waals surface area contributed by atoms with Crippen molar-refractivity contribution in [3.63, 3.8) is 0 Å². The van der Waals surface area contributed by atoms with Gasteiger partial charge < -0.3 is 5.11 Å². The second-order valence-corrected chi connectivity index (χ2v) is 1.31. The molecule has 0 saturated heterocycles. The fraction of sp³-hybridized carbons (Fsp3) is 0.667. The van der Waals surface area contributed by atoms with Gasteiger partial charge in [-0.15, -0.1) is 11.6 Å². The molecular weight excluding hydrogens is 101 g/mol. The van der Waals surface area contributed by atoms with Crippen LogP contribution < -0.4 is 0 Å². The number of nitrogens with zero attached hydrogens (tertiary/aromatic N) is 1. The lowest BCUT2D eigenvalue weighted by molar-refractivity contribution is 0.307. The van der Waals surface area contributed by atoms with Crippen LogP contribution in [0.4, 0.5) is 0 Å². The average Bonchev–Trinajstić information content (AvgIpc) is 1.65. The summed E-state index contributed by atoms with van der Waals surface area (Å²) in [6, 6.07) is 1.63. The predicted octanol–water partition coefficient (Wildman–Crippen LogP) is 0.110. The quantitative estimate of drug-likeness (QED) is 0.481. The van der Waals surface area contributed by atoms with E-state index < -0.39 is 5.38 Å². The summed E-state index contributed by atoms with van der Waals surface area (Å²) in [5, 5.41) is 15.0. The van der Waals surface area contributed by atoms with Gasteiger partial charge in [-0.25, -0.2) is 0 Å². The Morgan fingerprint density at radius 1 is 2.00 bits per heavy atom. The first kappa shape index (κ1) is 5.74. The molecule has 0 aliphatic heterocycles. The Morgan fingerprint density at radius 3 is 2.50 bits per heavy atom. The highest BCUT2D eigenvalue weighted by Gasteiger charge is 1.93. The highest BCUT2D eigenvalue weighted by atomic mass is 35.5. The largest absolute Gasteiger partial charge is 0.394 e. The summed E-state index contributed by atoms with van der Waals surface area (Å²) >= 11 is 5.04. The summed E-state index contributed by atoms with van der Waals surface area (Å²) in [4.78, 5) is 0. The Hall–Kier alpha value is -0.260. The molecule has 0 heterocycles. The van der Waals surface area contributed by atoms with Crippen LogP contribution in [0.1, 0.15) is 0 Å². The molecule has 0 spiro atoms. The summed E-state index contributed by atoms with van der Waals surface area (Å²) in [7, 11) is 0. The predicted molar refractivity (Wildman–Crippen MR) is 22.3 cm³/mol. The number of alkyl halides is 1. The van der Waals surface area contributed by atoms with Crippen molar-refractivity contribution in [1.82, 2.24) is 0 Å². The Kier molecular flexibility index (Phi) is 2.82. The van der Waals surface area contributed by atoms with E-state index in [9.17, 15) is 0 Å². The minimum Gasteiger partial charge on any atom is -0.394 e. The van der Waals surface area contributed by atoms with Gasteiger partial charge in [0.15, 0.2) is 0 Å². The van der Waals surface area contributed by atoms with Gasteiger partial charge in [0, 0.05) is 0 Å². The van der Waals surface area contributed by atoms with Crippen molar-refractivity contribution in [3.05, 3.63) is 0 Å². The molecule has 0 aromatic heterocycles. The molecule has 0 amide bonds. The van der Waals surface area contributed by atoms with Crippen LogP contribution in [0, 0.1) is 11.3 Å². The lowest BCUT2D eigenvalue weighted by atomic mass is 10.5. The van der Waals surface area contributed by atoms with E-state index in [-0.39, 0.29) is 6.61 Å². The van der Waals surface area contributed by atoms with E-state index >= 15 is 0 Å². The lowest BCUT2D eigenvalue weighted by Crippen LogP contribution is -1.98. The fourth-order valence-corrected chi connectivity index (χ4v) is 0.0408. The van der Waals surface area contributed by atoms with Gasteiger partial charge in [0.2, 0.25) is 0 Å². The van der Waals surface area contributed by atoms with Crippen LogP contribution in [0.15, 0.2) is 0 Å². The zero-order valence-corrected chi connectivity index (χ0v) is 3.81. The van der Waals surface area contributed by atoms with Crippen molar-refractivity contribution in [3.8, 4) is 6.07 Å². The zero-order valence-electron chi connectivity index (χ0n) is 3.06. The second kappa shape index (κ2) is 2.95. The van der Waals surface area contributed by atoms with Crippen LogP contribution in [-0.4, -0.2) is 17.1 Å². The third-order valence-electron chi connectivity index (χ3n) is 0.300. The maximum atomic E-state index is 7.98. The molecule has 0 aliphatic carbocycles. The van der Waals surface area contributed by atoms with Crippen molar-refractivity contribution in [2.24, 2.45) is 0 Å². The molecule has 6 heavy (non-hydrogen) atoms. The number of rotatable bonds is 1. The molecule has 0 fully saturated rings. The molecule has 1 atom stereocenters. The standard InChI is InChI=1S/C3H4ClNO/c4-3(1-5)2-6/h3,6H,2H2/t3-/m1/s1. The minimum absolute atomic E-state index is 0.266. The fourth-order valence-electron chi connectivity index (χ4n) is 0.0408. The Labute approximate surface area is 41.0 Å². The first-order chi connectivity index (χ1) is 2.81. The molecule has 0 bridgehead atoms. The van der Waals surface area contributed by atoms with Crippen LogP contribution in [0.2, 0.25) is 0 Å². The Balaban J connectivity index is 3.04. The van der Waals surface area contributed by atoms with Crippen LogP contribution >= 0.6 is 11.6 Å². The summed E-state index contributed by atoms with van der Waals surface area (Å²) < 4.78 is 0. The van der Waals surface area contributed by atoms with Gasteiger partial charge in [-0.2, -0.15) is 5.26 Å². The van der Waals surface area contributed by atoms with E-state index in [1.807, 2.05) is 0 Å². The molecule has 0 radical (unpaired) electrons. The van der Waals surface area contributed by atoms with Gasteiger partial charge >= 0.3 is 0 Å². The van der Waals surface area contributed by atoms with Crippen molar-refractivity contribution >= 4 is 11.6 Å². The number of nitriles is 1. The topological polar surface area (TPSA) is 44.0 Å². The van der Waals surface area contributed by atoms with Gasteiger partial charge in [0.25, 0.3) is 0 Å². The first-order valence-electron chi connectivity index (χ1n) is 1.45. The zero-order chi connectivity index (χ0) is 4.99. The molecular formula is C3H4ClNO. The molecule has 3 heteroatoms. The van der Waals surface area contributed by atoms with Gasteiger partial charge in [0.1, 0.15) is 5.38 Å². The first-order valence-corrected chi connectivity index (χ1v) is 1.89. The van der Waals surface area contributed by atoms with Crippen molar-refractivity contribution in [2.75, 3.05) is 6.61 Å². The smallest absolute Gasteiger partial charge is 0.143 e. The minimum atomic E-state index is -0.731. The molecule has 0 unspecified atom stereocenters. The van der Waals surface area contributed by atoms with Crippen LogP contribution in [0.25, 0.3) is 0 Å². The Morgan fingerprint density at radius 2 is 2.50 bits per heavy atom. The van der Waals surface area contributed by atoms with Gasteiger partial charge in [-0.05, 0) is 0 Å². The highest BCUT2D eigenvalue weighted by molar-refractivity contribution is 6.22. The normalized spacial score (nSPS) is 12.8. The third-order valence-corrected chi connectivity index (χ3v) is 0.536. The molecule has 1 N–H and O–H groups in total. The van der Waals surface area contributed by atoms with Gasteiger partial charge in [-0.1, -0.05) is 0 Å². The number of hydrogen-bond acceptors (Lipinski definition) is 2. The van der Waals surface area contributed by atoms with E-state index in [0.29, 0.717) is 0 Å². The van der Waals surface area contributed by atoms with E-state index in [1.165, 1.54) is 0 Å². The third kappa shape index (κ3) is 2.01. The maximum absolute atomic E-state index is 7.98. The Bertz CT molecular complexity index is 67.7. The van der Waals surface area contributed by atoms with Gasteiger partial charge in [0.05, 0.1) is 12.7 Å². The number of hydrogen-bond donors (Lipinski definition) is 1. The number of aliphatic hydroxyl groups is 1. The van der Waals surface area contributed by atoms with Crippen LogP contribution in [-0.2, 0) is 0 Å². The van der Waals surface area contributed by atoms with Crippen LogP contribution in [0.3, 0.4) is 0 Å². The van der Waals surface area contributed by atoms with Crippen molar-refractivity contribution < 1.29 is 5.11 Å². The van der Waals surface area contributed by atoms with Gasteiger partial charge in [-0.3, -0.25) is 0 Å². The van der Waals surface area contributed by atoms with Crippen molar-refractivity contribution in [2.45, 2.75) is 5.38 Å².